The first-order valence-corrected chi connectivity index (χ1v) is 6.65. The van der Waals surface area contributed by atoms with Crippen LogP contribution in [0.2, 0.25) is 0 Å². The van der Waals surface area contributed by atoms with Crippen LogP contribution in [0.5, 0.6) is 0 Å². The molecule has 7 nitrogen and oxygen atoms in total. The number of carboxylic acids is 1. The lowest BCUT2D eigenvalue weighted by Gasteiger charge is -2.20. The second-order valence-corrected chi connectivity index (χ2v) is 4.67. The molecule has 1 heterocycles. The molecule has 0 aliphatic rings. The minimum Gasteiger partial charge on any atom is -0.481 e. The van der Waals surface area contributed by atoms with Gasteiger partial charge in [0.25, 0.3) is 0 Å². The monoisotopic (exact) mass is 295 g/mol. The van der Waals surface area contributed by atoms with Crippen molar-refractivity contribution in [2.75, 3.05) is 27.2 Å². The highest BCUT2D eigenvalue weighted by Gasteiger charge is 2.15. The highest BCUT2D eigenvalue weighted by atomic mass is 16.5. The third kappa shape index (κ3) is 6.71. The van der Waals surface area contributed by atoms with Gasteiger partial charge in [-0.05, 0) is 24.1 Å². The minimum absolute atomic E-state index is 0.141. The van der Waals surface area contributed by atoms with Crippen LogP contribution in [0.4, 0.5) is 4.79 Å². The van der Waals surface area contributed by atoms with E-state index in [1.165, 1.54) is 7.11 Å². The number of pyridine rings is 1. The average molecular weight is 295 g/mol. The molecule has 2 amide bonds. The number of methoxy groups -OCH3 is 1. The van der Waals surface area contributed by atoms with E-state index in [4.69, 9.17) is 9.84 Å². The first kappa shape index (κ1) is 16.9. The number of hydrogen-bond donors (Lipinski definition) is 2. The molecule has 0 saturated carbocycles. The number of ether oxygens (including phenoxy) is 1. The minimum atomic E-state index is -0.956. The number of carbonyl (C=O) groups is 2. The predicted octanol–water partition coefficient (Wildman–Crippen LogP) is 0.755. The number of nitrogens with zero attached hydrogens (tertiary/aromatic N) is 2. The van der Waals surface area contributed by atoms with E-state index < -0.39 is 12.1 Å². The fraction of sp³-hybridized carbons (Fsp3) is 0.500. The lowest BCUT2D eigenvalue weighted by atomic mass is 10.2. The number of aromatic nitrogens is 1. The maximum absolute atomic E-state index is 11.9. The van der Waals surface area contributed by atoms with Crippen LogP contribution in [0.15, 0.2) is 24.5 Å². The molecule has 21 heavy (non-hydrogen) atoms. The maximum Gasteiger partial charge on any atom is 0.317 e. The zero-order valence-corrected chi connectivity index (χ0v) is 12.3. The zero-order chi connectivity index (χ0) is 15.7. The van der Waals surface area contributed by atoms with Crippen LogP contribution in [0.1, 0.15) is 12.0 Å². The Bertz CT molecular complexity index is 453. The fourth-order valence-corrected chi connectivity index (χ4v) is 1.72. The Hall–Kier alpha value is -2.15. The van der Waals surface area contributed by atoms with Gasteiger partial charge >= 0.3 is 12.0 Å². The summed E-state index contributed by atoms with van der Waals surface area (Å²) in [6.07, 6.45) is 3.49. The van der Waals surface area contributed by atoms with Gasteiger partial charge in [-0.15, -0.1) is 0 Å². The Kier molecular flexibility index (Phi) is 7.17. The van der Waals surface area contributed by atoms with E-state index in [2.05, 4.69) is 10.3 Å². The van der Waals surface area contributed by atoms with Crippen molar-refractivity contribution in [3.63, 3.8) is 0 Å². The summed E-state index contributed by atoms with van der Waals surface area (Å²) in [5, 5.41) is 11.4. The van der Waals surface area contributed by atoms with Gasteiger partial charge < -0.3 is 20.1 Å². The standard InChI is InChI=1S/C14H21N3O4/c1-17(8-5-11-3-6-15-7-4-11)14(20)16-10-12(21-2)9-13(18)19/h3-4,6-7,12H,5,8-10H2,1-2H3,(H,16,20)(H,18,19). The molecule has 2 N–H and O–H groups in total. The molecule has 7 heteroatoms. The SMILES string of the molecule is COC(CNC(=O)N(C)CCc1ccncc1)CC(=O)O. The molecule has 1 aromatic heterocycles. The number of hydrogen-bond acceptors (Lipinski definition) is 4. The van der Waals surface area contributed by atoms with E-state index in [0.717, 1.165) is 12.0 Å². The number of nitrogens with one attached hydrogen (secondary N) is 1. The Morgan fingerprint density at radius 1 is 1.43 bits per heavy atom. The molecule has 0 aliphatic carbocycles. The number of urea groups is 1. The average Bonchev–Trinajstić information content (AvgIpc) is 2.49. The van der Waals surface area contributed by atoms with Crippen LogP contribution >= 0.6 is 0 Å². The quantitative estimate of drug-likeness (QED) is 0.738. The lowest BCUT2D eigenvalue weighted by molar-refractivity contribution is -0.139. The highest BCUT2D eigenvalue weighted by molar-refractivity contribution is 5.74. The van der Waals surface area contributed by atoms with Gasteiger partial charge in [-0.1, -0.05) is 0 Å². The van der Waals surface area contributed by atoms with Gasteiger partial charge in [-0.2, -0.15) is 0 Å². The Morgan fingerprint density at radius 3 is 2.67 bits per heavy atom. The van der Waals surface area contributed by atoms with Crippen LogP contribution < -0.4 is 5.32 Å². The number of carbonyl (C=O) groups excluding carboxylic acids is 1. The van der Waals surface area contributed by atoms with Crippen molar-refractivity contribution in [2.45, 2.75) is 18.9 Å². The summed E-state index contributed by atoms with van der Waals surface area (Å²) >= 11 is 0. The fourth-order valence-electron chi connectivity index (χ4n) is 1.72. The highest BCUT2D eigenvalue weighted by Crippen LogP contribution is 2.00. The molecule has 1 atom stereocenters. The van der Waals surface area contributed by atoms with Gasteiger partial charge in [-0.3, -0.25) is 9.78 Å². The van der Waals surface area contributed by atoms with Gasteiger partial charge in [0.2, 0.25) is 0 Å². The van der Waals surface area contributed by atoms with Crippen molar-refractivity contribution in [1.29, 1.82) is 0 Å². The second-order valence-electron chi connectivity index (χ2n) is 4.67. The predicted molar refractivity (Wildman–Crippen MR) is 77.0 cm³/mol. The summed E-state index contributed by atoms with van der Waals surface area (Å²) in [5.41, 5.74) is 1.10. The third-order valence-corrected chi connectivity index (χ3v) is 3.05. The lowest BCUT2D eigenvalue weighted by Crippen LogP contribution is -2.42. The number of rotatable bonds is 8. The molecule has 0 radical (unpaired) electrons. The summed E-state index contributed by atoms with van der Waals surface area (Å²) in [7, 11) is 3.11. The molecule has 0 saturated heterocycles. The molecule has 0 aliphatic heterocycles. The van der Waals surface area contributed by atoms with Crippen molar-refractivity contribution in [1.82, 2.24) is 15.2 Å². The van der Waals surface area contributed by atoms with Crippen LogP contribution in [0.25, 0.3) is 0 Å². The van der Waals surface area contributed by atoms with E-state index >= 15 is 0 Å². The van der Waals surface area contributed by atoms with Crippen molar-refractivity contribution < 1.29 is 19.4 Å². The summed E-state index contributed by atoms with van der Waals surface area (Å²) in [4.78, 5) is 28.0. The van der Waals surface area contributed by atoms with Crippen molar-refractivity contribution in [3.05, 3.63) is 30.1 Å². The number of aliphatic carboxylic acids is 1. The van der Waals surface area contributed by atoms with Crippen molar-refractivity contribution >= 4 is 12.0 Å². The van der Waals surface area contributed by atoms with Gasteiger partial charge in [-0.25, -0.2) is 4.79 Å². The second kappa shape index (κ2) is 8.91. The largest absolute Gasteiger partial charge is 0.481 e. The van der Waals surface area contributed by atoms with Crippen LogP contribution in [-0.2, 0) is 16.0 Å². The van der Waals surface area contributed by atoms with E-state index in [1.807, 2.05) is 12.1 Å². The number of likely N-dealkylation sites (N-methyl/N-ethyl adjacent to an activating group) is 1. The third-order valence-electron chi connectivity index (χ3n) is 3.05. The topological polar surface area (TPSA) is 91.8 Å². The van der Waals surface area contributed by atoms with Crippen molar-refractivity contribution in [2.24, 2.45) is 0 Å². The van der Waals surface area contributed by atoms with E-state index in [-0.39, 0.29) is 19.0 Å². The summed E-state index contributed by atoms with van der Waals surface area (Å²) < 4.78 is 5.00. The normalized spacial score (nSPS) is 11.7. The molecule has 116 valence electrons. The molecule has 0 fully saturated rings. The zero-order valence-electron chi connectivity index (χ0n) is 12.3. The van der Waals surface area contributed by atoms with E-state index in [1.54, 1.807) is 24.3 Å². The summed E-state index contributed by atoms with van der Waals surface area (Å²) in [5.74, 6) is -0.956. The smallest absolute Gasteiger partial charge is 0.317 e. The molecular weight excluding hydrogens is 274 g/mol. The van der Waals surface area contributed by atoms with Gasteiger partial charge in [0.1, 0.15) is 0 Å². The van der Waals surface area contributed by atoms with Crippen LogP contribution in [0.3, 0.4) is 0 Å². The molecule has 1 rings (SSSR count). The molecule has 0 spiro atoms. The number of amides is 2. The van der Waals surface area contributed by atoms with Gasteiger partial charge in [0.15, 0.2) is 0 Å². The van der Waals surface area contributed by atoms with Crippen LogP contribution in [0, 0.1) is 0 Å². The van der Waals surface area contributed by atoms with Crippen LogP contribution in [-0.4, -0.2) is 60.3 Å². The maximum atomic E-state index is 11.9. The Balaban J connectivity index is 2.32. The molecule has 1 aromatic rings. The van der Waals surface area contributed by atoms with E-state index in [0.29, 0.717) is 6.54 Å². The summed E-state index contributed by atoms with van der Waals surface area (Å²) in [6.45, 7) is 0.730. The van der Waals surface area contributed by atoms with Gasteiger partial charge in [0, 0.05) is 39.6 Å². The first-order valence-electron chi connectivity index (χ1n) is 6.65. The summed E-state index contributed by atoms with van der Waals surface area (Å²) in [6, 6.07) is 3.55. The molecule has 0 bridgehead atoms. The Labute approximate surface area is 123 Å². The Morgan fingerprint density at radius 2 is 2.10 bits per heavy atom. The van der Waals surface area contributed by atoms with Gasteiger partial charge in [0.05, 0.1) is 12.5 Å². The molecule has 0 aromatic carbocycles. The molecular formula is C14H21N3O4. The van der Waals surface area contributed by atoms with Crippen molar-refractivity contribution in [3.8, 4) is 0 Å². The molecule has 1 unspecified atom stereocenters. The first-order chi connectivity index (χ1) is 10.0. The van der Waals surface area contributed by atoms with E-state index in [9.17, 15) is 9.59 Å². The number of carboxylic acid groups (broad SMARTS) is 1.